The molecule has 0 amide bonds. The minimum absolute atomic E-state index is 0.0254. The summed E-state index contributed by atoms with van der Waals surface area (Å²) in [4.78, 5) is 0. The predicted octanol–water partition coefficient (Wildman–Crippen LogP) is 4.94. The molecule has 0 aliphatic rings. The molecule has 0 aliphatic carbocycles. The number of phenols is 2. The van der Waals surface area contributed by atoms with E-state index in [0.717, 1.165) is 24.0 Å². The zero-order valence-corrected chi connectivity index (χ0v) is 13.9. The molecule has 2 aromatic carbocycles. The van der Waals surface area contributed by atoms with Crippen LogP contribution in [0.2, 0.25) is 0 Å². The molecule has 0 aromatic heterocycles. The fourth-order valence-electron chi connectivity index (χ4n) is 2.75. The molecule has 0 atom stereocenters. The molecule has 0 unspecified atom stereocenters. The van der Waals surface area contributed by atoms with Crippen LogP contribution in [0.25, 0.3) is 0 Å². The molecule has 0 saturated carbocycles. The first-order valence-electron chi connectivity index (χ1n) is 7.77. The summed E-state index contributed by atoms with van der Waals surface area (Å²) in [5.74, 6) is 0.686. The second kappa shape index (κ2) is 6.04. The molecule has 0 saturated heterocycles. The lowest BCUT2D eigenvalue weighted by molar-refractivity contribution is 0.106. The zero-order valence-electron chi connectivity index (χ0n) is 13.9. The van der Waals surface area contributed by atoms with E-state index in [2.05, 4.69) is 27.7 Å². The second-order valence-electron chi connectivity index (χ2n) is 7.42. The molecular weight excluding hydrogens is 272 g/mol. The van der Waals surface area contributed by atoms with Crippen molar-refractivity contribution >= 4 is 0 Å². The highest BCUT2D eigenvalue weighted by molar-refractivity contribution is 5.36. The maximum absolute atomic E-state index is 10.1. The van der Waals surface area contributed by atoms with Crippen molar-refractivity contribution in [3.05, 3.63) is 59.7 Å². The van der Waals surface area contributed by atoms with Crippen molar-refractivity contribution in [2.75, 3.05) is 0 Å². The van der Waals surface area contributed by atoms with Crippen molar-refractivity contribution in [3.63, 3.8) is 0 Å². The number of hydrogen-bond acceptors (Lipinski definition) is 2. The molecule has 2 heteroatoms. The molecule has 0 heterocycles. The van der Waals surface area contributed by atoms with E-state index in [1.165, 1.54) is 0 Å². The van der Waals surface area contributed by atoms with Crippen molar-refractivity contribution in [3.8, 4) is 11.5 Å². The van der Waals surface area contributed by atoms with Crippen molar-refractivity contribution in [2.45, 2.75) is 40.5 Å². The van der Waals surface area contributed by atoms with E-state index in [9.17, 15) is 10.2 Å². The van der Waals surface area contributed by atoms with Crippen LogP contribution in [0.3, 0.4) is 0 Å². The van der Waals surface area contributed by atoms with Gasteiger partial charge in [0.1, 0.15) is 11.5 Å². The summed E-state index contributed by atoms with van der Waals surface area (Å²) in [7, 11) is 0. The van der Waals surface area contributed by atoms with Crippen LogP contribution in [0.1, 0.15) is 38.8 Å². The Bertz CT molecular complexity index is 591. The molecule has 0 spiro atoms. The van der Waals surface area contributed by atoms with Gasteiger partial charge in [0.05, 0.1) is 0 Å². The van der Waals surface area contributed by atoms with Crippen molar-refractivity contribution in [1.82, 2.24) is 0 Å². The molecule has 2 rings (SSSR count). The highest BCUT2D eigenvalue weighted by Crippen LogP contribution is 2.45. The third-order valence-corrected chi connectivity index (χ3v) is 4.96. The number of rotatable bonds is 4. The number of para-hydroxylation sites is 2. The van der Waals surface area contributed by atoms with E-state index >= 15 is 0 Å². The lowest BCUT2D eigenvalue weighted by atomic mass is 9.62. The van der Waals surface area contributed by atoms with Crippen LogP contribution >= 0.6 is 0 Å². The van der Waals surface area contributed by atoms with E-state index in [1.807, 2.05) is 36.4 Å². The monoisotopic (exact) mass is 298 g/mol. The normalized spacial score (nSPS) is 12.4. The maximum atomic E-state index is 10.1. The molecule has 0 radical (unpaired) electrons. The maximum Gasteiger partial charge on any atom is 0.118 e. The van der Waals surface area contributed by atoms with Crippen LogP contribution in [0.5, 0.6) is 11.5 Å². The van der Waals surface area contributed by atoms with Crippen molar-refractivity contribution < 1.29 is 10.2 Å². The first-order valence-corrected chi connectivity index (χ1v) is 7.77. The van der Waals surface area contributed by atoms with Gasteiger partial charge in [-0.05, 0) is 46.9 Å². The third-order valence-electron chi connectivity index (χ3n) is 4.96. The van der Waals surface area contributed by atoms with Crippen LogP contribution in [0.15, 0.2) is 48.5 Å². The minimum atomic E-state index is -0.0926. The summed E-state index contributed by atoms with van der Waals surface area (Å²) in [6.07, 6.45) is 1.52. The predicted molar refractivity (Wildman–Crippen MR) is 91.2 cm³/mol. The van der Waals surface area contributed by atoms with E-state index < -0.39 is 0 Å². The molecule has 2 N–H and O–H groups in total. The van der Waals surface area contributed by atoms with Crippen molar-refractivity contribution in [2.24, 2.45) is 10.8 Å². The summed E-state index contributed by atoms with van der Waals surface area (Å²) in [6.45, 7) is 8.87. The van der Waals surface area contributed by atoms with E-state index in [0.29, 0.717) is 11.5 Å². The summed E-state index contributed by atoms with van der Waals surface area (Å²) in [5, 5.41) is 20.2. The molecule has 0 aliphatic heterocycles. The summed E-state index contributed by atoms with van der Waals surface area (Å²) in [6, 6.07) is 15.0. The van der Waals surface area contributed by atoms with Gasteiger partial charge in [0.25, 0.3) is 0 Å². The Balaban J connectivity index is 2.37. The second-order valence-corrected chi connectivity index (χ2v) is 7.42. The van der Waals surface area contributed by atoms with Gasteiger partial charge in [-0.25, -0.2) is 0 Å². The topological polar surface area (TPSA) is 40.5 Å². The Hall–Kier alpha value is -1.96. The number of hydrogen-bond donors (Lipinski definition) is 2. The SMILES string of the molecule is CC(C)(C)C(C)(Cc1ccccc1O)Cc1ccccc1O. The number of aromatic hydroxyl groups is 2. The fourth-order valence-corrected chi connectivity index (χ4v) is 2.75. The van der Waals surface area contributed by atoms with Gasteiger partial charge in [0, 0.05) is 0 Å². The average molecular weight is 298 g/mol. The van der Waals surface area contributed by atoms with Crippen LogP contribution in [-0.4, -0.2) is 10.2 Å². The summed E-state index contributed by atoms with van der Waals surface area (Å²) < 4.78 is 0. The summed E-state index contributed by atoms with van der Waals surface area (Å²) >= 11 is 0. The standard InChI is InChI=1S/C20H26O2/c1-19(2,3)20(4,13-15-9-5-7-11-17(15)21)14-16-10-6-8-12-18(16)22/h5-12,21-22H,13-14H2,1-4H3. The smallest absolute Gasteiger partial charge is 0.118 e. The van der Waals surface area contributed by atoms with Crippen molar-refractivity contribution in [1.29, 1.82) is 0 Å². The van der Waals surface area contributed by atoms with E-state index in [-0.39, 0.29) is 10.8 Å². The van der Waals surface area contributed by atoms with Gasteiger partial charge in [0.15, 0.2) is 0 Å². The minimum Gasteiger partial charge on any atom is -0.508 e. The first kappa shape index (κ1) is 16.4. The first-order chi connectivity index (χ1) is 10.2. The highest BCUT2D eigenvalue weighted by atomic mass is 16.3. The summed E-state index contributed by atoms with van der Waals surface area (Å²) in [5.41, 5.74) is 1.84. The van der Waals surface area contributed by atoms with Gasteiger partial charge >= 0.3 is 0 Å². The van der Waals surface area contributed by atoms with Crippen LogP contribution in [-0.2, 0) is 12.8 Å². The van der Waals surface area contributed by atoms with Crippen LogP contribution < -0.4 is 0 Å². The Morgan fingerprint density at radius 3 is 1.36 bits per heavy atom. The molecule has 22 heavy (non-hydrogen) atoms. The van der Waals surface area contributed by atoms with Gasteiger partial charge < -0.3 is 10.2 Å². The Kier molecular flexibility index (Phi) is 4.50. The molecule has 2 aromatic rings. The van der Waals surface area contributed by atoms with Gasteiger partial charge in [-0.3, -0.25) is 0 Å². The lowest BCUT2D eigenvalue weighted by Gasteiger charge is -2.43. The van der Waals surface area contributed by atoms with Crippen LogP contribution in [0, 0.1) is 10.8 Å². The average Bonchev–Trinajstić information content (AvgIpc) is 2.43. The lowest BCUT2D eigenvalue weighted by Crippen LogP contribution is -2.37. The molecule has 0 fully saturated rings. The van der Waals surface area contributed by atoms with Crippen LogP contribution in [0.4, 0.5) is 0 Å². The fraction of sp³-hybridized carbons (Fsp3) is 0.400. The molecule has 0 bridgehead atoms. The third kappa shape index (κ3) is 3.44. The Morgan fingerprint density at radius 1 is 0.682 bits per heavy atom. The molecule has 118 valence electrons. The Morgan fingerprint density at radius 2 is 1.05 bits per heavy atom. The van der Waals surface area contributed by atoms with E-state index in [4.69, 9.17) is 0 Å². The molecular formula is C20H26O2. The molecule has 2 nitrogen and oxygen atoms in total. The van der Waals surface area contributed by atoms with Gasteiger partial charge in [-0.2, -0.15) is 0 Å². The van der Waals surface area contributed by atoms with Gasteiger partial charge in [-0.15, -0.1) is 0 Å². The van der Waals surface area contributed by atoms with Gasteiger partial charge in [-0.1, -0.05) is 64.1 Å². The van der Waals surface area contributed by atoms with E-state index in [1.54, 1.807) is 12.1 Å². The largest absolute Gasteiger partial charge is 0.508 e. The zero-order chi connectivity index (χ0) is 16.4. The quantitative estimate of drug-likeness (QED) is 0.839. The number of benzene rings is 2. The highest BCUT2D eigenvalue weighted by Gasteiger charge is 2.38. The Labute approximate surface area is 133 Å². The van der Waals surface area contributed by atoms with Gasteiger partial charge in [0.2, 0.25) is 0 Å². The number of phenolic OH excluding ortho intramolecular Hbond substituents is 2.